The summed E-state index contributed by atoms with van der Waals surface area (Å²) < 4.78 is 25.9. The minimum absolute atomic E-state index is 0.120. The molecule has 0 heterocycles. The van der Waals surface area contributed by atoms with Gasteiger partial charge in [-0.15, -0.1) is 0 Å². The van der Waals surface area contributed by atoms with Crippen LogP contribution in [-0.4, -0.2) is 19.9 Å². The van der Waals surface area contributed by atoms with E-state index in [1.165, 1.54) is 12.1 Å². The predicted molar refractivity (Wildman–Crippen MR) is 80.5 cm³/mol. The summed E-state index contributed by atoms with van der Waals surface area (Å²) in [5.41, 5.74) is 2.03. The number of ketones is 1. The van der Waals surface area contributed by atoms with E-state index in [9.17, 15) is 13.6 Å². The fourth-order valence-corrected chi connectivity index (χ4v) is 1.80. The Morgan fingerprint density at radius 2 is 1.67 bits per heavy atom. The second-order valence-electron chi connectivity index (χ2n) is 4.81. The van der Waals surface area contributed by atoms with Crippen molar-refractivity contribution in [3.05, 3.63) is 71.3 Å². The Balaban J connectivity index is 2.12. The largest absolute Gasteiger partial charge is 0.378 e. The molecule has 2 aromatic rings. The molecule has 108 valence electrons. The van der Waals surface area contributed by atoms with Crippen LogP contribution in [0.1, 0.15) is 15.9 Å². The maximum absolute atomic E-state index is 13.1. The molecule has 0 aliphatic carbocycles. The third kappa shape index (κ3) is 3.75. The number of nitrogens with zero attached hydrogens (tertiary/aromatic N) is 1. The van der Waals surface area contributed by atoms with Crippen molar-refractivity contribution in [1.82, 2.24) is 0 Å². The molecule has 0 fully saturated rings. The Labute approximate surface area is 122 Å². The summed E-state index contributed by atoms with van der Waals surface area (Å²) in [6.07, 6.45) is 2.99. The summed E-state index contributed by atoms with van der Waals surface area (Å²) >= 11 is 0. The smallest absolute Gasteiger partial charge is 0.185 e. The minimum atomic E-state index is -1.02. The number of rotatable bonds is 4. The summed E-state index contributed by atoms with van der Waals surface area (Å²) in [6.45, 7) is 0. The molecule has 0 N–H and O–H groups in total. The van der Waals surface area contributed by atoms with Crippen LogP contribution in [0.15, 0.2) is 48.5 Å². The molecular weight excluding hydrogens is 272 g/mol. The van der Waals surface area contributed by atoms with Crippen molar-refractivity contribution in [2.24, 2.45) is 0 Å². The van der Waals surface area contributed by atoms with E-state index in [1.54, 1.807) is 6.08 Å². The van der Waals surface area contributed by atoms with Crippen molar-refractivity contribution >= 4 is 17.5 Å². The molecule has 0 aromatic heterocycles. The summed E-state index contributed by atoms with van der Waals surface area (Å²) in [5, 5.41) is 0. The van der Waals surface area contributed by atoms with Crippen LogP contribution < -0.4 is 4.90 Å². The Morgan fingerprint density at radius 1 is 1.00 bits per heavy atom. The minimum Gasteiger partial charge on any atom is -0.378 e. The van der Waals surface area contributed by atoms with E-state index in [4.69, 9.17) is 0 Å². The van der Waals surface area contributed by atoms with Crippen molar-refractivity contribution in [1.29, 1.82) is 0 Å². The number of halogens is 2. The van der Waals surface area contributed by atoms with E-state index in [2.05, 4.69) is 0 Å². The number of hydrogen-bond acceptors (Lipinski definition) is 2. The molecule has 0 radical (unpaired) electrons. The van der Waals surface area contributed by atoms with Crippen LogP contribution in [0.3, 0.4) is 0 Å². The molecule has 0 aliphatic heterocycles. The van der Waals surface area contributed by atoms with Gasteiger partial charge in [-0.1, -0.05) is 18.2 Å². The van der Waals surface area contributed by atoms with Gasteiger partial charge >= 0.3 is 0 Å². The molecule has 0 bridgehead atoms. The van der Waals surface area contributed by atoms with Crippen LogP contribution in [0.4, 0.5) is 14.5 Å². The predicted octanol–water partition coefficient (Wildman–Crippen LogP) is 3.93. The number of hydrogen-bond donors (Lipinski definition) is 0. The van der Waals surface area contributed by atoms with Gasteiger partial charge < -0.3 is 4.90 Å². The van der Waals surface area contributed by atoms with Gasteiger partial charge in [-0.2, -0.15) is 0 Å². The Hall–Kier alpha value is -2.49. The molecule has 0 spiro atoms. The number of anilines is 1. The van der Waals surface area contributed by atoms with Gasteiger partial charge in [0, 0.05) is 25.3 Å². The van der Waals surface area contributed by atoms with Gasteiger partial charge in [0.15, 0.2) is 17.4 Å². The van der Waals surface area contributed by atoms with Crippen LogP contribution in [0.2, 0.25) is 0 Å². The molecule has 0 unspecified atom stereocenters. The average Bonchev–Trinajstić information content (AvgIpc) is 2.48. The average molecular weight is 287 g/mol. The van der Waals surface area contributed by atoms with Crippen molar-refractivity contribution in [3.63, 3.8) is 0 Å². The second-order valence-corrected chi connectivity index (χ2v) is 4.81. The summed E-state index contributed by atoms with van der Waals surface area (Å²) in [4.78, 5) is 13.8. The zero-order valence-electron chi connectivity index (χ0n) is 11.8. The quantitative estimate of drug-likeness (QED) is 0.627. The SMILES string of the molecule is CN(C)c1ccc(/C=C/C(=O)c2ccc(F)c(F)c2)cc1. The van der Waals surface area contributed by atoms with Crippen molar-refractivity contribution in [2.75, 3.05) is 19.0 Å². The van der Waals surface area contributed by atoms with E-state index >= 15 is 0 Å². The monoisotopic (exact) mass is 287 g/mol. The topological polar surface area (TPSA) is 20.3 Å². The van der Waals surface area contributed by atoms with Crippen LogP contribution >= 0.6 is 0 Å². The third-order valence-corrected chi connectivity index (χ3v) is 3.04. The molecule has 0 aliphatic rings. The van der Waals surface area contributed by atoms with Gasteiger partial charge in [0.05, 0.1) is 0 Å². The van der Waals surface area contributed by atoms with Crippen molar-refractivity contribution < 1.29 is 13.6 Å². The molecule has 21 heavy (non-hydrogen) atoms. The van der Waals surface area contributed by atoms with E-state index in [0.717, 1.165) is 23.4 Å². The fraction of sp³-hybridized carbons (Fsp3) is 0.118. The highest BCUT2D eigenvalue weighted by atomic mass is 19.2. The van der Waals surface area contributed by atoms with Crippen LogP contribution in [0.5, 0.6) is 0 Å². The highest BCUT2D eigenvalue weighted by Crippen LogP contribution is 2.14. The standard InChI is InChI=1S/C17H15F2NO/c1-20(2)14-7-3-12(4-8-14)5-10-17(21)13-6-9-15(18)16(19)11-13/h3-11H,1-2H3/b10-5+. The van der Waals surface area contributed by atoms with Gasteiger partial charge in [0.1, 0.15) is 0 Å². The van der Waals surface area contributed by atoms with Gasteiger partial charge in [0.2, 0.25) is 0 Å². The highest BCUT2D eigenvalue weighted by molar-refractivity contribution is 6.06. The molecule has 0 amide bonds. The lowest BCUT2D eigenvalue weighted by Crippen LogP contribution is -2.07. The molecular formula is C17H15F2NO. The molecule has 2 aromatic carbocycles. The van der Waals surface area contributed by atoms with E-state index in [0.29, 0.717) is 0 Å². The molecule has 2 rings (SSSR count). The summed E-state index contributed by atoms with van der Waals surface area (Å²) in [5.74, 6) is -2.36. The first kappa shape index (κ1) is 14.9. The molecule has 0 saturated carbocycles. The lowest BCUT2D eigenvalue weighted by molar-refractivity contribution is 0.104. The van der Waals surface area contributed by atoms with E-state index in [-0.39, 0.29) is 11.3 Å². The summed E-state index contributed by atoms with van der Waals surface area (Å²) in [6, 6.07) is 10.7. The molecule has 2 nitrogen and oxygen atoms in total. The van der Waals surface area contributed by atoms with Crippen LogP contribution in [0.25, 0.3) is 6.08 Å². The molecule has 0 atom stereocenters. The lowest BCUT2D eigenvalue weighted by Gasteiger charge is -2.11. The third-order valence-electron chi connectivity index (χ3n) is 3.04. The zero-order chi connectivity index (χ0) is 15.4. The van der Waals surface area contributed by atoms with Crippen molar-refractivity contribution in [2.45, 2.75) is 0 Å². The van der Waals surface area contributed by atoms with Crippen LogP contribution in [-0.2, 0) is 0 Å². The van der Waals surface area contributed by atoms with Gasteiger partial charge in [-0.05, 0) is 42.0 Å². The first-order valence-corrected chi connectivity index (χ1v) is 6.42. The maximum Gasteiger partial charge on any atom is 0.185 e. The first-order chi connectivity index (χ1) is 9.97. The Morgan fingerprint density at radius 3 is 2.24 bits per heavy atom. The van der Waals surface area contributed by atoms with E-state index < -0.39 is 11.6 Å². The summed E-state index contributed by atoms with van der Waals surface area (Å²) in [7, 11) is 3.88. The van der Waals surface area contributed by atoms with Crippen molar-refractivity contribution in [3.8, 4) is 0 Å². The number of carbonyl (C=O) groups excluding carboxylic acids is 1. The fourth-order valence-electron chi connectivity index (χ4n) is 1.80. The molecule has 4 heteroatoms. The Kier molecular flexibility index (Phi) is 4.48. The van der Waals surface area contributed by atoms with Gasteiger partial charge in [0.25, 0.3) is 0 Å². The zero-order valence-corrected chi connectivity index (χ0v) is 11.8. The van der Waals surface area contributed by atoms with Crippen LogP contribution in [0, 0.1) is 11.6 Å². The number of benzene rings is 2. The van der Waals surface area contributed by atoms with E-state index in [1.807, 2.05) is 43.3 Å². The number of allylic oxidation sites excluding steroid dienone is 1. The van der Waals surface area contributed by atoms with Gasteiger partial charge in [-0.25, -0.2) is 8.78 Å². The Bertz CT molecular complexity index is 676. The molecule has 0 saturated heterocycles. The first-order valence-electron chi connectivity index (χ1n) is 6.42. The number of carbonyl (C=O) groups is 1. The normalized spacial score (nSPS) is 10.9. The second kappa shape index (κ2) is 6.31. The highest BCUT2D eigenvalue weighted by Gasteiger charge is 2.07. The maximum atomic E-state index is 13.1. The lowest BCUT2D eigenvalue weighted by atomic mass is 10.1. The van der Waals surface area contributed by atoms with Gasteiger partial charge in [-0.3, -0.25) is 4.79 Å².